The average molecular weight is 674 g/mol. The van der Waals surface area contributed by atoms with Crippen LogP contribution in [0.15, 0.2) is 148 Å². The number of hydrogen-bond donors (Lipinski definition) is 0. The van der Waals surface area contributed by atoms with E-state index in [0.29, 0.717) is 0 Å². The Balaban J connectivity index is 0.000000363. The average Bonchev–Trinajstić information content (AvgIpc) is 3.27. The third kappa shape index (κ3) is 4.56. The zero-order chi connectivity index (χ0) is 28.7. The van der Waals surface area contributed by atoms with E-state index in [1.807, 2.05) is 66.7 Å². The van der Waals surface area contributed by atoms with E-state index in [1.54, 1.807) is 0 Å². The van der Waals surface area contributed by atoms with Crippen LogP contribution in [0.3, 0.4) is 0 Å². The van der Waals surface area contributed by atoms with Gasteiger partial charge in [-0.2, -0.15) is 0 Å². The van der Waals surface area contributed by atoms with Crippen molar-refractivity contribution in [3.63, 3.8) is 0 Å². The van der Waals surface area contributed by atoms with Gasteiger partial charge in [0.1, 0.15) is 23.0 Å². The van der Waals surface area contributed by atoms with Crippen LogP contribution < -0.4 is 9.47 Å². The molecule has 6 aromatic carbocycles. The topological polar surface area (TPSA) is 18.5 Å². The molecular weight excluding hydrogens is 648 g/mol. The van der Waals surface area contributed by atoms with Gasteiger partial charge in [0.2, 0.25) is 0 Å². The SMILES string of the molecule is Brc1ccc2c(c1)C1(c3ccccc3Oc3cc(Oc4ccccc4)ccc31)c1cc(Br)ccc1-2.Cc1ccccc1. The summed E-state index contributed by atoms with van der Waals surface area (Å²) in [5.74, 6) is 3.20. The molecule has 0 aromatic heterocycles. The van der Waals surface area contributed by atoms with Crippen molar-refractivity contribution in [3.05, 3.63) is 176 Å². The van der Waals surface area contributed by atoms with Crippen LogP contribution in [-0.4, -0.2) is 0 Å². The van der Waals surface area contributed by atoms with E-state index in [2.05, 4.69) is 112 Å². The Bertz CT molecular complexity index is 1860. The molecule has 0 amide bonds. The third-order valence-corrected chi connectivity index (χ3v) is 8.84. The van der Waals surface area contributed by atoms with Crippen LogP contribution >= 0.6 is 31.9 Å². The smallest absolute Gasteiger partial charge is 0.135 e. The van der Waals surface area contributed by atoms with Crippen molar-refractivity contribution in [1.29, 1.82) is 0 Å². The summed E-state index contributed by atoms with van der Waals surface area (Å²) >= 11 is 7.48. The molecule has 0 unspecified atom stereocenters. The maximum Gasteiger partial charge on any atom is 0.135 e. The molecular formula is C38H26Br2O2. The normalized spacial score (nSPS) is 13.0. The molecule has 1 aliphatic heterocycles. The van der Waals surface area contributed by atoms with Crippen molar-refractivity contribution in [2.24, 2.45) is 0 Å². The molecule has 4 heteroatoms. The molecule has 1 heterocycles. The maximum absolute atomic E-state index is 6.53. The summed E-state index contributed by atoms with van der Waals surface area (Å²) < 4.78 is 14.8. The van der Waals surface area contributed by atoms with Gasteiger partial charge in [-0.05, 0) is 77.7 Å². The van der Waals surface area contributed by atoms with E-state index in [1.165, 1.54) is 27.8 Å². The van der Waals surface area contributed by atoms with Gasteiger partial charge in [-0.15, -0.1) is 0 Å². The zero-order valence-corrected chi connectivity index (χ0v) is 26.0. The number of aryl methyl sites for hydroxylation is 1. The molecule has 0 fully saturated rings. The summed E-state index contributed by atoms with van der Waals surface area (Å²) in [6.45, 7) is 2.08. The molecule has 0 atom stereocenters. The number of rotatable bonds is 2. The molecule has 1 aliphatic carbocycles. The summed E-state index contributed by atoms with van der Waals surface area (Å²) in [6.07, 6.45) is 0. The van der Waals surface area contributed by atoms with E-state index in [9.17, 15) is 0 Å². The second-order valence-electron chi connectivity index (χ2n) is 10.5. The lowest BCUT2D eigenvalue weighted by atomic mass is 9.66. The molecule has 0 radical (unpaired) electrons. The molecule has 6 aromatic rings. The van der Waals surface area contributed by atoms with Gasteiger partial charge in [0.25, 0.3) is 0 Å². The molecule has 0 bridgehead atoms. The van der Waals surface area contributed by atoms with E-state index < -0.39 is 5.41 Å². The van der Waals surface area contributed by atoms with Crippen molar-refractivity contribution >= 4 is 31.9 Å². The number of halogens is 2. The summed E-state index contributed by atoms with van der Waals surface area (Å²) in [5, 5.41) is 0. The zero-order valence-electron chi connectivity index (χ0n) is 22.9. The van der Waals surface area contributed by atoms with Gasteiger partial charge in [-0.25, -0.2) is 0 Å². The van der Waals surface area contributed by atoms with Crippen molar-refractivity contribution in [3.8, 4) is 34.1 Å². The lowest BCUT2D eigenvalue weighted by Gasteiger charge is -2.39. The highest BCUT2D eigenvalue weighted by atomic mass is 79.9. The quantitative estimate of drug-likeness (QED) is 0.182. The molecule has 8 rings (SSSR count). The van der Waals surface area contributed by atoms with Gasteiger partial charge in [0, 0.05) is 26.1 Å². The fraction of sp³-hybridized carbons (Fsp3) is 0.0526. The van der Waals surface area contributed by atoms with Crippen LogP contribution in [-0.2, 0) is 5.41 Å². The number of ether oxygens (including phenoxy) is 2. The van der Waals surface area contributed by atoms with Gasteiger partial charge >= 0.3 is 0 Å². The Morgan fingerprint density at radius 2 is 1.07 bits per heavy atom. The van der Waals surface area contributed by atoms with Crippen molar-refractivity contribution < 1.29 is 9.47 Å². The first-order valence-electron chi connectivity index (χ1n) is 13.8. The highest BCUT2D eigenvalue weighted by Gasteiger charge is 2.51. The molecule has 42 heavy (non-hydrogen) atoms. The fourth-order valence-electron chi connectivity index (χ4n) is 6.10. The Hall–Kier alpha value is -4.12. The number of hydrogen-bond acceptors (Lipinski definition) is 2. The van der Waals surface area contributed by atoms with Crippen LogP contribution in [0, 0.1) is 6.92 Å². The second kappa shape index (κ2) is 10.9. The van der Waals surface area contributed by atoms with Crippen LogP contribution in [0.25, 0.3) is 11.1 Å². The highest BCUT2D eigenvalue weighted by Crippen LogP contribution is 2.62. The first-order chi connectivity index (χ1) is 20.5. The Morgan fingerprint density at radius 1 is 0.500 bits per heavy atom. The predicted molar refractivity (Wildman–Crippen MR) is 177 cm³/mol. The molecule has 204 valence electrons. The first-order valence-corrected chi connectivity index (χ1v) is 15.4. The van der Waals surface area contributed by atoms with E-state index in [4.69, 9.17) is 9.47 Å². The standard InChI is InChI=1S/C31H18Br2O2.C7H8/c32-19-10-13-23-24-14-11-20(33)17-28(24)31(27(23)16-19)25-8-4-5-9-29(25)35-30-18-22(12-15-26(30)31)34-21-6-2-1-3-7-21;1-7-5-3-2-4-6-7/h1-18H;2-6H,1H3. The van der Waals surface area contributed by atoms with Crippen LogP contribution in [0.5, 0.6) is 23.0 Å². The molecule has 0 saturated heterocycles. The van der Waals surface area contributed by atoms with Crippen LogP contribution in [0.4, 0.5) is 0 Å². The van der Waals surface area contributed by atoms with Crippen molar-refractivity contribution in [1.82, 2.24) is 0 Å². The lowest BCUT2D eigenvalue weighted by molar-refractivity contribution is 0.427. The van der Waals surface area contributed by atoms with Gasteiger partial charge in [-0.1, -0.05) is 122 Å². The molecule has 2 nitrogen and oxygen atoms in total. The summed E-state index contributed by atoms with van der Waals surface area (Å²) in [6, 6.07) is 47.8. The minimum Gasteiger partial charge on any atom is -0.457 e. The Kier molecular flexibility index (Phi) is 6.97. The van der Waals surface area contributed by atoms with Crippen LogP contribution in [0.1, 0.15) is 27.8 Å². The minimum atomic E-state index is -0.506. The highest BCUT2D eigenvalue weighted by molar-refractivity contribution is 9.10. The second-order valence-corrected chi connectivity index (χ2v) is 12.3. The Morgan fingerprint density at radius 3 is 1.69 bits per heavy atom. The van der Waals surface area contributed by atoms with Gasteiger partial charge in [0.15, 0.2) is 0 Å². The summed E-state index contributed by atoms with van der Waals surface area (Å²) in [7, 11) is 0. The van der Waals surface area contributed by atoms with Gasteiger partial charge < -0.3 is 9.47 Å². The number of para-hydroxylation sites is 2. The Labute approximate surface area is 262 Å². The molecule has 0 N–H and O–H groups in total. The van der Waals surface area contributed by atoms with Crippen LogP contribution in [0.2, 0.25) is 0 Å². The molecule has 2 aliphatic rings. The number of fused-ring (bicyclic) bond motifs is 9. The molecule has 1 spiro atoms. The largest absolute Gasteiger partial charge is 0.457 e. The maximum atomic E-state index is 6.53. The number of benzene rings is 6. The minimum absolute atomic E-state index is 0.506. The monoisotopic (exact) mass is 672 g/mol. The summed E-state index contributed by atoms with van der Waals surface area (Å²) in [4.78, 5) is 0. The third-order valence-electron chi connectivity index (χ3n) is 7.85. The summed E-state index contributed by atoms with van der Waals surface area (Å²) in [5.41, 5.74) is 8.03. The van der Waals surface area contributed by atoms with Crippen molar-refractivity contribution in [2.45, 2.75) is 12.3 Å². The fourth-order valence-corrected chi connectivity index (χ4v) is 6.82. The molecule has 0 saturated carbocycles. The first kappa shape index (κ1) is 26.8. The van der Waals surface area contributed by atoms with E-state index in [0.717, 1.165) is 43.1 Å². The predicted octanol–water partition coefficient (Wildman–Crippen LogP) is 11.5. The van der Waals surface area contributed by atoms with Gasteiger partial charge in [0.05, 0.1) is 5.41 Å². The van der Waals surface area contributed by atoms with Crippen molar-refractivity contribution in [2.75, 3.05) is 0 Å². The van der Waals surface area contributed by atoms with E-state index >= 15 is 0 Å². The van der Waals surface area contributed by atoms with Gasteiger partial charge in [-0.3, -0.25) is 0 Å². The lowest BCUT2D eigenvalue weighted by Crippen LogP contribution is -2.32. The van der Waals surface area contributed by atoms with E-state index in [-0.39, 0.29) is 0 Å².